The number of benzene rings is 1. The summed E-state index contributed by atoms with van der Waals surface area (Å²) in [4.78, 5) is 4.13. The number of hydrogen-bond acceptors (Lipinski definition) is 5. The summed E-state index contributed by atoms with van der Waals surface area (Å²) in [6.45, 7) is 2.46. The minimum Gasteiger partial charge on any atom is -0.493 e. The largest absolute Gasteiger partial charge is 0.493 e. The Bertz CT molecular complexity index is 682. The van der Waals surface area contributed by atoms with Crippen molar-refractivity contribution in [1.82, 2.24) is 10.6 Å². The fourth-order valence-electron chi connectivity index (χ4n) is 2.51. The molecular weight excluding hydrogens is 457 g/mol. The second-order valence-electron chi connectivity index (χ2n) is 5.78. The summed E-state index contributed by atoms with van der Waals surface area (Å²) in [5.74, 6) is 2.32. The molecule has 2 unspecified atom stereocenters. The minimum atomic E-state index is -2.91. The van der Waals surface area contributed by atoms with E-state index >= 15 is 0 Å². The van der Waals surface area contributed by atoms with Crippen molar-refractivity contribution in [2.75, 3.05) is 32.2 Å². The van der Waals surface area contributed by atoms with Crippen LogP contribution in [0.1, 0.15) is 13.3 Å². The van der Waals surface area contributed by atoms with Crippen LogP contribution in [0.15, 0.2) is 29.3 Å². The van der Waals surface area contributed by atoms with Gasteiger partial charge in [0.05, 0.1) is 25.2 Å². The predicted molar refractivity (Wildman–Crippen MR) is 110 cm³/mol. The van der Waals surface area contributed by atoms with Crippen LogP contribution < -0.4 is 20.1 Å². The van der Waals surface area contributed by atoms with E-state index in [9.17, 15) is 8.42 Å². The zero-order valence-electron chi connectivity index (χ0n) is 14.7. The summed E-state index contributed by atoms with van der Waals surface area (Å²) in [6.07, 6.45) is 0.489. The molecule has 2 atom stereocenters. The molecule has 7 nitrogen and oxygen atoms in total. The van der Waals surface area contributed by atoms with Crippen LogP contribution >= 0.6 is 24.0 Å². The Balaban J connectivity index is 0.00000312. The quantitative estimate of drug-likeness (QED) is 0.362. The monoisotopic (exact) mass is 483 g/mol. The second kappa shape index (κ2) is 10.0. The minimum absolute atomic E-state index is 0. The zero-order valence-corrected chi connectivity index (χ0v) is 17.8. The van der Waals surface area contributed by atoms with Gasteiger partial charge in [0.25, 0.3) is 0 Å². The van der Waals surface area contributed by atoms with Gasteiger partial charge >= 0.3 is 0 Å². The van der Waals surface area contributed by atoms with Crippen molar-refractivity contribution in [3.8, 4) is 11.5 Å². The first kappa shape index (κ1) is 21.8. The molecule has 2 rings (SSSR count). The SMILES string of the molecule is CN=C(NCC(C)Oc1ccccc1OC)NC1CCS(=O)(=O)C1.I. The maximum absolute atomic E-state index is 11.5. The highest BCUT2D eigenvalue weighted by atomic mass is 127. The van der Waals surface area contributed by atoms with E-state index in [1.807, 2.05) is 31.2 Å². The van der Waals surface area contributed by atoms with Crippen LogP contribution in [0.2, 0.25) is 0 Å². The maximum atomic E-state index is 11.5. The first-order valence-electron chi connectivity index (χ1n) is 7.91. The molecule has 1 aromatic carbocycles. The van der Waals surface area contributed by atoms with Crippen molar-refractivity contribution in [1.29, 1.82) is 0 Å². The lowest BCUT2D eigenvalue weighted by atomic mass is 10.3. The van der Waals surface area contributed by atoms with Gasteiger partial charge < -0.3 is 20.1 Å². The highest BCUT2D eigenvalue weighted by Gasteiger charge is 2.28. The molecule has 0 bridgehead atoms. The van der Waals surface area contributed by atoms with E-state index in [0.29, 0.717) is 30.4 Å². The van der Waals surface area contributed by atoms with Crippen LogP contribution in [0.25, 0.3) is 0 Å². The molecule has 1 aromatic rings. The van der Waals surface area contributed by atoms with Crippen molar-refractivity contribution in [2.24, 2.45) is 4.99 Å². The Morgan fingerprint density at radius 2 is 2.04 bits per heavy atom. The molecule has 0 radical (unpaired) electrons. The number of halogens is 1. The third-order valence-electron chi connectivity index (χ3n) is 3.75. The third kappa shape index (κ3) is 6.89. The summed E-state index contributed by atoms with van der Waals surface area (Å²) in [5, 5.41) is 6.30. The number of nitrogens with zero attached hydrogens (tertiary/aromatic N) is 1. The number of hydrogen-bond donors (Lipinski definition) is 2. The van der Waals surface area contributed by atoms with E-state index in [-0.39, 0.29) is 47.6 Å². The first-order chi connectivity index (χ1) is 11.4. The molecule has 2 N–H and O–H groups in total. The number of nitrogens with one attached hydrogen (secondary N) is 2. The van der Waals surface area contributed by atoms with E-state index in [4.69, 9.17) is 9.47 Å². The van der Waals surface area contributed by atoms with E-state index in [1.165, 1.54) is 0 Å². The van der Waals surface area contributed by atoms with Crippen LogP contribution in [-0.2, 0) is 9.84 Å². The van der Waals surface area contributed by atoms with Gasteiger partial charge in [-0.2, -0.15) is 0 Å². The highest BCUT2D eigenvalue weighted by Crippen LogP contribution is 2.26. The smallest absolute Gasteiger partial charge is 0.191 e. The number of methoxy groups -OCH3 is 1. The second-order valence-corrected chi connectivity index (χ2v) is 8.01. The lowest BCUT2D eigenvalue weighted by Gasteiger charge is -2.20. The van der Waals surface area contributed by atoms with Crippen LogP contribution in [0.3, 0.4) is 0 Å². The molecule has 0 spiro atoms. The fraction of sp³-hybridized carbons (Fsp3) is 0.562. The molecule has 1 saturated heterocycles. The highest BCUT2D eigenvalue weighted by molar-refractivity contribution is 14.0. The lowest BCUT2D eigenvalue weighted by molar-refractivity contribution is 0.213. The van der Waals surface area contributed by atoms with Gasteiger partial charge in [-0.3, -0.25) is 4.99 Å². The van der Waals surface area contributed by atoms with Gasteiger partial charge in [-0.05, 0) is 25.5 Å². The van der Waals surface area contributed by atoms with Crippen molar-refractivity contribution in [3.05, 3.63) is 24.3 Å². The third-order valence-corrected chi connectivity index (χ3v) is 5.52. The van der Waals surface area contributed by atoms with Crippen LogP contribution in [-0.4, -0.2) is 58.7 Å². The molecule has 1 fully saturated rings. The Labute approximate surface area is 166 Å². The van der Waals surface area contributed by atoms with Gasteiger partial charge in [0, 0.05) is 13.1 Å². The van der Waals surface area contributed by atoms with Crippen molar-refractivity contribution >= 4 is 39.8 Å². The number of aliphatic imine (C=N–C) groups is 1. The average Bonchev–Trinajstić information content (AvgIpc) is 2.90. The molecule has 9 heteroatoms. The molecule has 25 heavy (non-hydrogen) atoms. The van der Waals surface area contributed by atoms with Crippen molar-refractivity contribution in [2.45, 2.75) is 25.5 Å². The van der Waals surface area contributed by atoms with E-state index in [1.54, 1.807) is 14.2 Å². The average molecular weight is 483 g/mol. The summed E-state index contributed by atoms with van der Waals surface area (Å²) in [6, 6.07) is 7.38. The molecule has 0 saturated carbocycles. The first-order valence-corrected chi connectivity index (χ1v) is 9.73. The summed E-state index contributed by atoms with van der Waals surface area (Å²) in [5.41, 5.74) is 0. The number of ether oxygens (including phenoxy) is 2. The molecule has 142 valence electrons. The van der Waals surface area contributed by atoms with E-state index in [2.05, 4.69) is 15.6 Å². The Hall–Kier alpha value is -1.23. The fourth-order valence-corrected chi connectivity index (χ4v) is 4.19. The Morgan fingerprint density at radius 3 is 2.60 bits per heavy atom. The molecule has 0 aromatic heterocycles. The van der Waals surface area contributed by atoms with E-state index < -0.39 is 9.84 Å². The molecular formula is C16H26IN3O4S. The number of rotatable bonds is 6. The maximum Gasteiger partial charge on any atom is 0.191 e. The van der Waals surface area contributed by atoms with E-state index in [0.717, 1.165) is 0 Å². The van der Waals surface area contributed by atoms with Gasteiger partial charge in [-0.15, -0.1) is 24.0 Å². The topological polar surface area (TPSA) is 89.0 Å². The standard InChI is InChI=1S/C16H25N3O4S.HI/c1-12(23-15-7-5-4-6-14(15)22-3)10-18-16(17-2)19-13-8-9-24(20,21)11-13;/h4-7,12-13H,8-11H2,1-3H3,(H2,17,18,19);1H. The van der Waals surface area contributed by atoms with Crippen molar-refractivity contribution < 1.29 is 17.9 Å². The number of para-hydroxylation sites is 2. The molecule has 1 aliphatic heterocycles. The molecule has 1 heterocycles. The summed E-state index contributed by atoms with van der Waals surface area (Å²) >= 11 is 0. The van der Waals surface area contributed by atoms with Gasteiger partial charge in [0.1, 0.15) is 6.10 Å². The molecule has 0 aliphatic carbocycles. The van der Waals surface area contributed by atoms with Crippen LogP contribution in [0.5, 0.6) is 11.5 Å². The summed E-state index contributed by atoms with van der Waals surface area (Å²) in [7, 11) is 0.348. The van der Waals surface area contributed by atoms with Gasteiger partial charge in [-0.25, -0.2) is 8.42 Å². The zero-order chi connectivity index (χ0) is 17.6. The number of guanidine groups is 1. The molecule has 1 aliphatic rings. The molecule has 0 amide bonds. The summed E-state index contributed by atoms with van der Waals surface area (Å²) < 4.78 is 34.1. The van der Waals surface area contributed by atoms with Crippen LogP contribution in [0, 0.1) is 0 Å². The Kier molecular flexibility index (Phi) is 8.77. The van der Waals surface area contributed by atoms with Gasteiger partial charge in [0.2, 0.25) is 0 Å². The van der Waals surface area contributed by atoms with Crippen LogP contribution in [0.4, 0.5) is 0 Å². The lowest BCUT2D eigenvalue weighted by Crippen LogP contribution is -2.46. The normalized spacial score (nSPS) is 20.3. The number of sulfone groups is 1. The van der Waals surface area contributed by atoms with Crippen molar-refractivity contribution in [3.63, 3.8) is 0 Å². The Morgan fingerprint density at radius 1 is 1.36 bits per heavy atom. The van der Waals surface area contributed by atoms with Gasteiger partial charge in [-0.1, -0.05) is 12.1 Å². The predicted octanol–water partition coefficient (Wildman–Crippen LogP) is 1.43. The van der Waals surface area contributed by atoms with Gasteiger partial charge in [0.15, 0.2) is 27.3 Å².